The lowest BCUT2D eigenvalue weighted by Gasteiger charge is -2.01. The summed E-state index contributed by atoms with van der Waals surface area (Å²) >= 11 is 3.07. The molecule has 2 rings (SSSR count). The largest absolute Gasteiger partial charge is 0.361 e. The number of nitrogens with one attached hydrogen (secondary N) is 1. The Bertz CT molecular complexity index is 496. The number of nitro groups is 1. The topological polar surface area (TPSA) is 71.8 Å². The first-order valence-electron chi connectivity index (χ1n) is 4.13. The van der Waals surface area contributed by atoms with E-state index in [1.54, 1.807) is 24.4 Å². The Morgan fingerprint density at radius 1 is 1.47 bits per heavy atom. The van der Waals surface area contributed by atoms with E-state index in [0.717, 1.165) is 0 Å². The molecule has 0 aromatic carbocycles. The van der Waals surface area contributed by atoms with Gasteiger partial charge in [0.05, 0.1) is 16.2 Å². The molecule has 0 fully saturated rings. The van der Waals surface area contributed by atoms with Gasteiger partial charge in [-0.05, 0) is 34.1 Å². The molecule has 1 N–H and O–H groups in total. The molecule has 0 amide bonds. The number of halogens is 1. The zero-order valence-electron chi connectivity index (χ0n) is 7.48. The minimum atomic E-state index is -0.451. The number of nitrogens with zero attached hydrogens (tertiary/aromatic N) is 2. The van der Waals surface area contributed by atoms with Gasteiger partial charge >= 0.3 is 5.69 Å². The van der Waals surface area contributed by atoms with E-state index in [0.29, 0.717) is 11.3 Å². The van der Waals surface area contributed by atoms with E-state index in [9.17, 15) is 10.1 Å². The van der Waals surface area contributed by atoms with Crippen molar-refractivity contribution >= 4 is 21.6 Å². The van der Waals surface area contributed by atoms with Gasteiger partial charge in [-0.15, -0.1) is 0 Å². The van der Waals surface area contributed by atoms with Crippen LogP contribution < -0.4 is 0 Å². The lowest BCUT2D eigenvalue weighted by Crippen LogP contribution is -1.95. The lowest BCUT2D eigenvalue weighted by molar-refractivity contribution is -0.385. The van der Waals surface area contributed by atoms with Gasteiger partial charge in [-0.2, -0.15) is 0 Å². The minimum Gasteiger partial charge on any atom is -0.361 e. The summed E-state index contributed by atoms with van der Waals surface area (Å²) in [5.41, 5.74) is 1.19. The van der Waals surface area contributed by atoms with Crippen LogP contribution in [-0.2, 0) is 0 Å². The summed E-state index contributed by atoms with van der Waals surface area (Å²) < 4.78 is 0.236. The maximum Gasteiger partial charge on any atom is 0.311 e. The second kappa shape index (κ2) is 3.82. The van der Waals surface area contributed by atoms with Gasteiger partial charge in [-0.25, -0.2) is 4.98 Å². The standard InChI is InChI=1S/C9H6BrN3O2/c10-9-8(13(14)15)6(3-5-12-9)7-2-1-4-11-7/h1-5,11H. The van der Waals surface area contributed by atoms with Crippen molar-refractivity contribution in [2.45, 2.75) is 0 Å². The Labute approximate surface area is 93.4 Å². The van der Waals surface area contributed by atoms with Crippen molar-refractivity contribution in [3.05, 3.63) is 45.3 Å². The molecule has 2 aromatic rings. The molecule has 0 spiro atoms. The number of pyridine rings is 1. The first kappa shape index (κ1) is 9.85. The molecule has 0 saturated heterocycles. The first-order chi connectivity index (χ1) is 7.20. The summed E-state index contributed by atoms with van der Waals surface area (Å²) in [6, 6.07) is 5.16. The van der Waals surface area contributed by atoms with E-state index in [-0.39, 0.29) is 10.3 Å². The number of aromatic nitrogens is 2. The first-order valence-corrected chi connectivity index (χ1v) is 4.92. The number of aromatic amines is 1. The smallest absolute Gasteiger partial charge is 0.311 e. The molecular formula is C9H6BrN3O2. The molecule has 0 atom stereocenters. The van der Waals surface area contributed by atoms with Gasteiger partial charge in [0.25, 0.3) is 0 Å². The lowest BCUT2D eigenvalue weighted by atomic mass is 10.2. The molecule has 0 aliphatic carbocycles. The Kier molecular flexibility index (Phi) is 2.51. The van der Waals surface area contributed by atoms with Gasteiger partial charge in [0.15, 0.2) is 4.60 Å². The number of hydrogen-bond donors (Lipinski definition) is 1. The van der Waals surface area contributed by atoms with E-state index < -0.39 is 4.92 Å². The molecular weight excluding hydrogens is 262 g/mol. The summed E-state index contributed by atoms with van der Waals surface area (Å²) in [4.78, 5) is 17.2. The van der Waals surface area contributed by atoms with Gasteiger partial charge in [-0.3, -0.25) is 10.1 Å². The van der Waals surface area contributed by atoms with Crippen molar-refractivity contribution in [2.75, 3.05) is 0 Å². The summed E-state index contributed by atoms with van der Waals surface area (Å²) in [6.07, 6.45) is 3.24. The van der Waals surface area contributed by atoms with Crippen LogP contribution in [0.4, 0.5) is 5.69 Å². The third-order valence-electron chi connectivity index (χ3n) is 1.95. The molecule has 2 heterocycles. The zero-order chi connectivity index (χ0) is 10.8. The number of hydrogen-bond acceptors (Lipinski definition) is 3. The van der Waals surface area contributed by atoms with Crippen LogP contribution in [0.2, 0.25) is 0 Å². The molecule has 5 nitrogen and oxygen atoms in total. The molecule has 15 heavy (non-hydrogen) atoms. The zero-order valence-corrected chi connectivity index (χ0v) is 9.06. The van der Waals surface area contributed by atoms with E-state index >= 15 is 0 Å². The predicted octanol–water partition coefficient (Wildman–Crippen LogP) is 2.75. The van der Waals surface area contributed by atoms with E-state index in [2.05, 4.69) is 25.9 Å². The highest BCUT2D eigenvalue weighted by Gasteiger charge is 2.20. The SMILES string of the molecule is O=[N+]([O-])c1c(-c2ccc[nH]2)ccnc1Br. The Morgan fingerprint density at radius 2 is 2.27 bits per heavy atom. The van der Waals surface area contributed by atoms with Gasteiger partial charge < -0.3 is 4.98 Å². The highest BCUT2D eigenvalue weighted by Crippen LogP contribution is 2.33. The van der Waals surface area contributed by atoms with Crippen molar-refractivity contribution < 1.29 is 4.92 Å². The van der Waals surface area contributed by atoms with Crippen LogP contribution in [0.15, 0.2) is 35.2 Å². The van der Waals surface area contributed by atoms with Crippen molar-refractivity contribution in [3.8, 4) is 11.3 Å². The van der Waals surface area contributed by atoms with Gasteiger partial charge in [0.2, 0.25) is 0 Å². The second-order valence-corrected chi connectivity index (χ2v) is 3.59. The highest BCUT2D eigenvalue weighted by atomic mass is 79.9. The third-order valence-corrected chi connectivity index (χ3v) is 2.53. The fourth-order valence-electron chi connectivity index (χ4n) is 1.32. The summed E-state index contributed by atoms with van der Waals surface area (Å²) in [5, 5.41) is 10.9. The van der Waals surface area contributed by atoms with E-state index in [1.807, 2.05) is 0 Å². The number of H-pyrrole nitrogens is 1. The summed E-state index contributed by atoms with van der Waals surface area (Å²) in [5.74, 6) is 0. The van der Waals surface area contributed by atoms with E-state index in [1.165, 1.54) is 6.20 Å². The van der Waals surface area contributed by atoms with Crippen molar-refractivity contribution in [1.29, 1.82) is 0 Å². The molecule has 0 saturated carbocycles. The molecule has 0 aliphatic rings. The molecule has 76 valence electrons. The highest BCUT2D eigenvalue weighted by molar-refractivity contribution is 9.10. The Balaban J connectivity index is 2.66. The summed E-state index contributed by atoms with van der Waals surface area (Å²) in [7, 11) is 0. The maximum absolute atomic E-state index is 10.9. The molecule has 0 unspecified atom stereocenters. The van der Waals surface area contributed by atoms with Crippen molar-refractivity contribution in [2.24, 2.45) is 0 Å². The van der Waals surface area contributed by atoms with E-state index in [4.69, 9.17) is 0 Å². The molecule has 0 bridgehead atoms. The minimum absolute atomic E-state index is 0.0278. The Hall–Kier alpha value is -1.69. The van der Waals surface area contributed by atoms with Crippen LogP contribution in [0.1, 0.15) is 0 Å². The van der Waals surface area contributed by atoms with Crippen LogP contribution in [0, 0.1) is 10.1 Å². The van der Waals surface area contributed by atoms with Crippen LogP contribution in [0.25, 0.3) is 11.3 Å². The molecule has 2 aromatic heterocycles. The van der Waals surface area contributed by atoms with Crippen LogP contribution in [-0.4, -0.2) is 14.9 Å². The molecule has 6 heteroatoms. The van der Waals surface area contributed by atoms with Gasteiger partial charge in [-0.1, -0.05) is 0 Å². The van der Waals surface area contributed by atoms with Crippen LogP contribution in [0.5, 0.6) is 0 Å². The van der Waals surface area contributed by atoms with Crippen LogP contribution in [0.3, 0.4) is 0 Å². The van der Waals surface area contributed by atoms with Crippen LogP contribution >= 0.6 is 15.9 Å². The maximum atomic E-state index is 10.9. The Morgan fingerprint density at radius 3 is 2.87 bits per heavy atom. The second-order valence-electron chi connectivity index (χ2n) is 2.84. The molecule has 0 radical (unpaired) electrons. The fraction of sp³-hybridized carbons (Fsp3) is 0. The predicted molar refractivity (Wildman–Crippen MR) is 58.4 cm³/mol. The number of rotatable bonds is 2. The monoisotopic (exact) mass is 267 g/mol. The van der Waals surface area contributed by atoms with Gasteiger partial charge in [0.1, 0.15) is 0 Å². The average molecular weight is 268 g/mol. The summed E-state index contributed by atoms with van der Waals surface area (Å²) in [6.45, 7) is 0. The fourth-order valence-corrected chi connectivity index (χ4v) is 1.79. The van der Waals surface area contributed by atoms with Crippen molar-refractivity contribution in [1.82, 2.24) is 9.97 Å². The quantitative estimate of drug-likeness (QED) is 0.517. The van der Waals surface area contributed by atoms with Gasteiger partial charge in [0, 0.05) is 12.4 Å². The third kappa shape index (κ3) is 1.75. The molecule has 0 aliphatic heterocycles. The average Bonchev–Trinajstić information content (AvgIpc) is 2.69. The normalized spacial score (nSPS) is 10.2. The van der Waals surface area contributed by atoms with Crippen molar-refractivity contribution in [3.63, 3.8) is 0 Å².